The van der Waals surface area contributed by atoms with E-state index in [-0.39, 0.29) is 64.9 Å². The standard InChI is InChI=1S/C38H56N2O5/c1-24(2)26-11-14-38(34(43)44-20-10-8-9-18-40-19-17-39-23-40)16-15-35(5)28(32(26)38)21-29-33-36(35,6)13-12-27(25(3)4)37(33,7)30(41)22-31(42)45-29/h17,19,23,26-30,32-33,41H,1,3,8-16,18,20-22H2,2,4-7H3/t26-,27-,28+,29+,30+,32+,33-,35+,36+,37+,38-/m0/s1. The number of rotatable bonds is 9. The van der Waals surface area contributed by atoms with Crippen LogP contribution in [0.25, 0.3) is 0 Å². The average molecular weight is 621 g/mol. The minimum absolute atomic E-state index is 0.0228. The molecule has 11 atom stereocenters. The van der Waals surface area contributed by atoms with Gasteiger partial charge in [0.05, 0.1) is 30.9 Å². The lowest BCUT2D eigenvalue weighted by Gasteiger charge is -2.71. The minimum Gasteiger partial charge on any atom is -0.465 e. The molecule has 1 aromatic heterocycles. The van der Waals surface area contributed by atoms with Crippen LogP contribution in [0.15, 0.2) is 43.0 Å². The predicted molar refractivity (Wildman–Crippen MR) is 174 cm³/mol. The normalized spacial score (nSPS) is 43.7. The van der Waals surface area contributed by atoms with Crippen LogP contribution in [0.4, 0.5) is 0 Å². The number of hydrogen-bond donors (Lipinski definition) is 1. The average Bonchev–Trinajstić information content (AvgIpc) is 3.62. The number of esters is 2. The van der Waals surface area contributed by atoms with Crippen molar-refractivity contribution in [1.29, 1.82) is 0 Å². The Morgan fingerprint density at radius 3 is 2.53 bits per heavy atom. The lowest BCUT2D eigenvalue weighted by Crippen LogP contribution is -2.69. The number of ether oxygens (including phenoxy) is 2. The molecule has 6 rings (SSSR count). The van der Waals surface area contributed by atoms with E-state index < -0.39 is 16.9 Å². The van der Waals surface area contributed by atoms with Crippen molar-refractivity contribution in [3.63, 3.8) is 0 Å². The molecule has 45 heavy (non-hydrogen) atoms. The van der Waals surface area contributed by atoms with Crippen LogP contribution < -0.4 is 0 Å². The van der Waals surface area contributed by atoms with Gasteiger partial charge in [-0.05, 0) is 113 Å². The van der Waals surface area contributed by atoms with E-state index in [1.165, 1.54) is 0 Å². The molecular formula is C38H56N2O5. The number of allylic oxidation sites excluding steroid dienone is 2. The highest BCUT2D eigenvalue weighted by atomic mass is 16.5. The number of aliphatic hydroxyl groups is 1. The molecule has 0 radical (unpaired) electrons. The molecule has 4 saturated carbocycles. The maximum atomic E-state index is 14.3. The molecule has 7 nitrogen and oxygen atoms in total. The van der Waals surface area contributed by atoms with Crippen molar-refractivity contribution in [1.82, 2.24) is 9.55 Å². The zero-order chi connectivity index (χ0) is 32.4. The van der Waals surface area contributed by atoms with E-state index in [0.29, 0.717) is 6.61 Å². The number of fused-ring (bicyclic) bond motifs is 4. The Morgan fingerprint density at radius 1 is 1.07 bits per heavy atom. The summed E-state index contributed by atoms with van der Waals surface area (Å²) in [5.41, 5.74) is 0.962. The molecule has 248 valence electrons. The van der Waals surface area contributed by atoms with Crippen LogP contribution in [0, 0.1) is 51.2 Å². The van der Waals surface area contributed by atoms with E-state index in [1.807, 2.05) is 12.5 Å². The Morgan fingerprint density at radius 2 is 1.84 bits per heavy atom. The van der Waals surface area contributed by atoms with E-state index in [4.69, 9.17) is 9.47 Å². The fourth-order valence-corrected chi connectivity index (χ4v) is 12.1. The highest BCUT2D eigenvalue weighted by Crippen LogP contribution is 2.77. The van der Waals surface area contributed by atoms with Gasteiger partial charge in [0.2, 0.25) is 0 Å². The Bertz CT molecular complexity index is 1320. The van der Waals surface area contributed by atoms with E-state index in [1.54, 1.807) is 6.20 Å². The van der Waals surface area contributed by atoms with Crippen molar-refractivity contribution < 1.29 is 24.2 Å². The van der Waals surface area contributed by atoms with Gasteiger partial charge in [-0.1, -0.05) is 45.1 Å². The van der Waals surface area contributed by atoms with E-state index in [0.717, 1.165) is 81.9 Å². The van der Waals surface area contributed by atoms with Crippen molar-refractivity contribution in [2.45, 2.75) is 124 Å². The zero-order valence-corrected chi connectivity index (χ0v) is 28.4. The fraction of sp³-hybridized carbons (Fsp3) is 0.763. The first-order valence-electron chi connectivity index (χ1n) is 17.6. The monoisotopic (exact) mass is 620 g/mol. The van der Waals surface area contributed by atoms with E-state index in [9.17, 15) is 14.7 Å². The lowest BCUT2D eigenvalue weighted by atomic mass is 9.33. The van der Waals surface area contributed by atoms with E-state index >= 15 is 0 Å². The third-order valence-electron chi connectivity index (χ3n) is 14.4. The summed E-state index contributed by atoms with van der Waals surface area (Å²) in [6, 6.07) is 0. The van der Waals surface area contributed by atoms with Gasteiger partial charge in [0, 0.05) is 30.3 Å². The summed E-state index contributed by atoms with van der Waals surface area (Å²) in [7, 11) is 0. The van der Waals surface area contributed by atoms with Crippen LogP contribution in [0.1, 0.15) is 105 Å². The molecule has 2 heterocycles. The van der Waals surface area contributed by atoms with Gasteiger partial charge in [-0.3, -0.25) is 9.59 Å². The Balaban J connectivity index is 1.29. The molecule has 0 spiro atoms. The fourth-order valence-electron chi connectivity index (χ4n) is 12.1. The second kappa shape index (κ2) is 11.7. The smallest absolute Gasteiger partial charge is 0.312 e. The summed E-state index contributed by atoms with van der Waals surface area (Å²) in [5.74, 6) is 0.374. The van der Waals surface area contributed by atoms with Crippen molar-refractivity contribution in [2.75, 3.05) is 6.61 Å². The minimum atomic E-state index is -0.770. The molecule has 0 amide bonds. The first-order valence-corrected chi connectivity index (χ1v) is 17.6. The summed E-state index contributed by atoms with van der Waals surface area (Å²) in [6.07, 6.45) is 13.7. The SMILES string of the molecule is C=C(C)[C@@H]1CC[C@]2(C(=O)OCCCCCn3ccnc3)CC[C@]3(C)[C@H](C[C@H]4OC(=O)C[C@@H](O)[C@]5(C)[C@@H]4[C@@]3(C)CC[C@H]5C(=C)C)[C@@H]12. The first-order chi connectivity index (χ1) is 21.3. The lowest BCUT2D eigenvalue weighted by molar-refractivity contribution is -0.260. The summed E-state index contributed by atoms with van der Waals surface area (Å²) >= 11 is 0. The van der Waals surface area contributed by atoms with Gasteiger partial charge < -0.3 is 19.1 Å². The molecule has 4 aliphatic carbocycles. The Labute approximate surface area is 270 Å². The Kier molecular flexibility index (Phi) is 8.44. The third kappa shape index (κ3) is 4.88. The molecule has 1 aliphatic heterocycles. The third-order valence-corrected chi connectivity index (χ3v) is 14.4. The van der Waals surface area contributed by atoms with Crippen LogP contribution in [0.3, 0.4) is 0 Å². The number of carbonyl (C=O) groups excluding carboxylic acids is 2. The van der Waals surface area contributed by atoms with Crippen LogP contribution >= 0.6 is 0 Å². The maximum Gasteiger partial charge on any atom is 0.312 e. The molecule has 1 saturated heterocycles. The van der Waals surface area contributed by atoms with Crippen LogP contribution in [0.5, 0.6) is 0 Å². The zero-order valence-electron chi connectivity index (χ0n) is 28.4. The number of unbranched alkanes of at least 4 members (excludes halogenated alkanes) is 2. The second-order valence-corrected chi connectivity index (χ2v) is 16.4. The summed E-state index contributed by atoms with van der Waals surface area (Å²) in [6.45, 7) is 21.5. The van der Waals surface area contributed by atoms with Gasteiger partial charge in [0.15, 0.2) is 0 Å². The summed E-state index contributed by atoms with van der Waals surface area (Å²) in [4.78, 5) is 31.6. The van der Waals surface area contributed by atoms with Crippen LogP contribution in [-0.4, -0.2) is 45.4 Å². The number of aromatic nitrogens is 2. The van der Waals surface area contributed by atoms with Crippen LogP contribution in [0.2, 0.25) is 0 Å². The number of aliphatic hydroxyl groups excluding tert-OH is 1. The van der Waals surface area contributed by atoms with Gasteiger partial charge in [0.25, 0.3) is 0 Å². The largest absolute Gasteiger partial charge is 0.465 e. The van der Waals surface area contributed by atoms with Crippen molar-refractivity contribution in [3.8, 4) is 0 Å². The molecule has 0 bridgehead atoms. The molecule has 5 aliphatic rings. The van der Waals surface area contributed by atoms with Gasteiger partial charge in [0.1, 0.15) is 6.10 Å². The van der Waals surface area contributed by atoms with Crippen molar-refractivity contribution >= 4 is 11.9 Å². The van der Waals surface area contributed by atoms with Crippen molar-refractivity contribution in [3.05, 3.63) is 43.0 Å². The summed E-state index contributed by atoms with van der Waals surface area (Å²) in [5, 5.41) is 11.7. The van der Waals surface area contributed by atoms with E-state index in [2.05, 4.69) is 57.3 Å². The number of nitrogens with zero attached hydrogens (tertiary/aromatic N) is 2. The molecule has 7 heteroatoms. The summed E-state index contributed by atoms with van der Waals surface area (Å²) < 4.78 is 14.6. The number of hydrogen-bond acceptors (Lipinski definition) is 6. The van der Waals surface area contributed by atoms with Gasteiger partial charge in [-0.2, -0.15) is 0 Å². The molecule has 0 aromatic carbocycles. The van der Waals surface area contributed by atoms with Gasteiger partial charge in [-0.25, -0.2) is 4.98 Å². The first kappa shape index (κ1) is 32.5. The maximum absolute atomic E-state index is 14.3. The predicted octanol–water partition coefficient (Wildman–Crippen LogP) is 7.30. The Hall–Kier alpha value is -2.41. The molecule has 1 aromatic rings. The quantitative estimate of drug-likeness (QED) is 0.177. The molecule has 0 unspecified atom stereocenters. The number of aryl methyl sites for hydroxylation is 1. The molecular weight excluding hydrogens is 564 g/mol. The highest BCUT2D eigenvalue weighted by Gasteiger charge is 2.74. The second-order valence-electron chi connectivity index (χ2n) is 16.4. The topological polar surface area (TPSA) is 90.7 Å². The molecule has 1 N–H and O–H groups in total. The number of carbonyl (C=O) groups is 2. The van der Waals surface area contributed by atoms with Crippen molar-refractivity contribution in [2.24, 2.45) is 51.2 Å². The highest BCUT2D eigenvalue weighted by molar-refractivity contribution is 5.78. The van der Waals surface area contributed by atoms with Crippen LogP contribution in [-0.2, 0) is 25.6 Å². The number of imidazole rings is 1. The van der Waals surface area contributed by atoms with Gasteiger partial charge >= 0.3 is 11.9 Å². The van der Waals surface area contributed by atoms with Gasteiger partial charge in [-0.15, -0.1) is 0 Å². The molecule has 5 fully saturated rings.